The minimum Gasteiger partial charge on any atom is -0.383 e. The van der Waals surface area contributed by atoms with Gasteiger partial charge in [-0.2, -0.15) is 0 Å². The van der Waals surface area contributed by atoms with Gasteiger partial charge in [0, 0.05) is 6.20 Å². The SMILES string of the molecule is Cc1nc(N)c2cccnc2n1. The van der Waals surface area contributed by atoms with Crippen LogP contribution in [-0.2, 0) is 0 Å². The molecule has 2 aromatic heterocycles. The highest BCUT2D eigenvalue weighted by Gasteiger charge is 2.00. The molecular formula is C8H8N4. The fraction of sp³-hybridized carbons (Fsp3) is 0.125. The molecule has 0 aromatic carbocycles. The zero-order valence-electron chi connectivity index (χ0n) is 6.65. The van der Waals surface area contributed by atoms with Crippen molar-refractivity contribution in [1.82, 2.24) is 15.0 Å². The van der Waals surface area contributed by atoms with Gasteiger partial charge in [0.25, 0.3) is 0 Å². The van der Waals surface area contributed by atoms with Crippen LogP contribution in [-0.4, -0.2) is 15.0 Å². The lowest BCUT2D eigenvalue weighted by molar-refractivity contribution is 1.08. The highest BCUT2D eigenvalue weighted by atomic mass is 15.0. The number of rotatable bonds is 0. The molecule has 0 bridgehead atoms. The van der Waals surface area contributed by atoms with Crippen molar-refractivity contribution in [2.45, 2.75) is 6.92 Å². The van der Waals surface area contributed by atoms with E-state index in [0.29, 0.717) is 17.3 Å². The molecular weight excluding hydrogens is 152 g/mol. The summed E-state index contributed by atoms with van der Waals surface area (Å²) >= 11 is 0. The van der Waals surface area contributed by atoms with E-state index in [9.17, 15) is 0 Å². The molecule has 2 aromatic rings. The number of hydrogen-bond donors (Lipinski definition) is 1. The molecule has 0 amide bonds. The van der Waals surface area contributed by atoms with E-state index < -0.39 is 0 Å². The van der Waals surface area contributed by atoms with Crippen LogP contribution in [0.3, 0.4) is 0 Å². The summed E-state index contributed by atoms with van der Waals surface area (Å²) in [5.74, 6) is 1.14. The molecule has 0 saturated heterocycles. The number of aromatic nitrogens is 3. The lowest BCUT2D eigenvalue weighted by atomic mass is 10.3. The first-order valence-corrected chi connectivity index (χ1v) is 3.62. The second-order valence-corrected chi connectivity index (χ2v) is 2.53. The first-order valence-electron chi connectivity index (χ1n) is 3.62. The molecule has 4 heteroatoms. The third-order valence-electron chi connectivity index (χ3n) is 1.61. The van der Waals surface area contributed by atoms with Gasteiger partial charge in [-0.05, 0) is 19.1 Å². The molecule has 0 saturated carbocycles. The van der Waals surface area contributed by atoms with Crippen molar-refractivity contribution >= 4 is 16.9 Å². The number of pyridine rings is 1. The quantitative estimate of drug-likeness (QED) is 0.622. The van der Waals surface area contributed by atoms with Crippen molar-refractivity contribution in [3.63, 3.8) is 0 Å². The van der Waals surface area contributed by atoms with Gasteiger partial charge in [-0.15, -0.1) is 0 Å². The number of hydrogen-bond acceptors (Lipinski definition) is 4. The molecule has 0 radical (unpaired) electrons. The number of aryl methyl sites for hydroxylation is 1. The fourth-order valence-corrected chi connectivity index (χ4v) is 1.10. The summed E-state index contributed by atoms with van der Waals surface area (Å²) in [6, 6.07) is 3.68. The Morgan fingerprint density at radius 2 is 2.17 bits per heavy atom. The number of nitrogens with two attached hydrogens (primary N) is 1. The summed E-state index contributed by atoms with van der Waals surface area (Å²) in [4.78, 5) is 12.2. The molecule has 0 unspecified atom stereocenters. The first kappa shape index (κ1) is 6.97. The van der Waals surface area contributed by atoms with Crippen LogP contribution >= 0.6 is 0 Å². The summed E-state index contributed by atoms with van der Waals surface area (Å²) in [5.41, 5.74) is 6.32. The van der Waals surface area contributed by atoms with Gasteiger partial charge in [-0.1, -0.05) is 0 Å². The standard InChI is InChI=1S/C8H8N4/c1-5-11-7(9)6-3-2-4-10-8(6)12-5/h2-4H,1H3,(H2,9,10,11,12). The average molecular weight is 160 g/mol. The highest BCUT2D eigenvalue weighted by molar-refractivity contribution is 5.84. The number of nitrogens with zero attached hydrogens (tertiary/aromatic N) is 3. The fourth-order valence-electron chi connectivity index (χ4n) is 1.10. The molecule has 0 aliphatic carbocycles. The predicted molar refractivity (Wildman–Crippen MR) is 46.5 cm³/mol. The minimum atomic E-state index is 0.491. The van der Waals surface area contributed by atoms with Crippen molar-refractivity contribution in [3.8, 4) is 0 Å². The molecule has 0 spiro atoms. The predicted octanol–water partition coefficient (Wildman–Crippen LogP) is 0.915. The molecule has 0 fully saturated rings. The maximum Gasteiger partial charge on any atom is 0.164 e. The van der Waals surface area contributed by atoms with Gasteiger partial charge in [0.1, 0.15) is 11.6 Å². The van der Waals surface area contributed by atoms with Crippen molar-refractivity contribution in [3.05, 3.63) is 24.2 Å². The van der Waals surface area contributed by atoms with E-state index in [-0.39, 0.29) is 0 Å². The van der Waals surface area contributed by atoms with Gasteiger partial charge in [0.2, 0.25) is 0 Å². The lowest BCUT2D eigenvalue weighted by Gasteiger charge is -1.99. The zero-order valence-corrected chi connectivity index (χ0v) is 6.65. The molecule has 2 heterocycles. The molecule has 60 valence electrons. The van der Waals surface area contributed by atoms with Crippen LogP contribution in [0.4, 0.5) is 5.82 Å². The van der Waals surface area contributed by atoms with Crippen molar-refractivity contribution < 1.29 is 0 Å². The van der Waals surface area contributed by atoms with Crippen molar-refractivity contribution in [2.75, 3.05) is 5.73 Å². The highest BCUT2D eigenvalue weighted by Crippen LogP contribution is 2.13. The molecule has 4 nitrogen and oxygen atoms in total. The third kappa shape index (κ3) is 0.972. The normalized spacial score (nSPS) is 10.4. The molecule has 0 aliphatic rings. The van der Waals surface area contributed by atoms with Gasteiger partial charge in [0.05, 0.1) is 5.39 Å². The van der Waals surface area contributed by atoms with E-state index in [4.69, 9.17) is 5.73 Å². The Morgan fingerprint density at radius 1 is 1.33 bits per heavy atom. The second-order valence-electron chi connectivity index (χ2n) is 2.53. The van der Waals surface area contributed by atoms with Crippen LogP contribution in [0.5, 0.6) is 0 Å². The summed E-state index contributed by atoms with van der Waals surface area (Å²) in [5, 5.41) is 0.808. The molecule has 12 heavy (non-hydrogen) atoms. The van der Waals surface area contributed by atoms with Crippen LogP contribution in [0.25, 0.3) is 11.0 Å². The Balaban J connectivity index is 2.89. The van der Waals surface area contributed by atoms with Gasteiger partial charge >= 0.3 is 0 Å². The third-order valence-corrected chi connectivity index (χ3v) is 1.61. The minimum absolute atomic E-state index is 0.491. The Hall–Kier alpha value is -1.71. The molecule has 2 N–H and O–H groups in total. The maximum absolute atomic E-state index is 5.67. The van der Waals surface area contributed by atoms with Crippen molar-refractivity contribution in [2.24, 2.45) is 0 Å². The Morgan fingerprint density at radius 3 is 3.00 bits per heavy atom. The Bertz CT molecular complexity index is 424. The topological polar surface area (TPSA) is 64.7 Å². The number of nitrogen functional groups attached to an aromatic ring is 1. The van der Waals surface area contributed by atoms with E-state index >= 15 is 0 Å². The summed E-state index contributed by atoms with van der Waals surface area (Å²) in [7, 11) is 0. The van der Waals surface area contributed by atoms with Crippen LogP contribution in [0.15, 0.2) is 18.3 Å². The van der Waals surface area contributed by atoms with E-state index in [1.807, 2.05) is 12.1 Å². The van der Waals surface area contributed by atoms with Gasteiger partial charge in [-0.3, -0.25) is 0 Å². The zero-order chi connectivity index (χ0) is 8.55. The summed E-state index contributed by atoms with van der Waals surface area (Å²) < 4.78 is 0. The maximum atomic E-state index is 5.67. The largest absolute Gasteiger partial charge is 0.383 e. The van der Waals surface area contributed by atoms with Gasteiger partial charge in [0.15, 0.2) is 5.65 Å². The van der Waals surface area contributed by atoms with Crippen LogP contribution in [0, 0.1) is 6.92 Å². The Kier molecular flexibility index (Phi) is 1.40. The van der Waals surface area contributed by atoms with Crippen LogP contribution in [0.2, 0.25) is 0 Å². The first-order chi connectivity index (χ1) is 5.77. The van der Waals surface area contributed by atoms with Crippen LogP contribution < -0.4 is 5.73 Å². The molecule has 2 rings (SSSR count). The average Bonchev–Trinajstić information content (AvgIpc) is 2.04. The molecule has 0 atom stereocenters. The Labute approximate surface area is 69.5 Å². The van der Waals surface area contributed by atoms with Gasteiger partial charge in [-0.25, -0.2) is 15.0 Å². The smallest absolute Gasteiger partial charge is 0.164 e. The van der Waals surface area contributed by atoms with E-state index in [1.165, 1.54) is 0 Å². The monoisotopic (exact) mass is 160 g/mol. The number of anilines is 1. The lowest BCUT2D eigenvalue weighted by Crippen LogP contribution is -1.97. The number of fused-ring (bicyclic) bond motifs is 1. The van der Waals surface area contributed by atoms with Gasteiger partial charge < -0.3 is 5.73 Å². The summed E-state index contributed by atoms with van der Waals surface area (Å²) in [6.45, 7) is 1.80. The molecule has 0 aliphatic heterocycles. The van der Waals surface area contributed by atoms with E-state index in [2.05, 4.69) is 15.0 Å². The second kappa shape index (κ2) is 2.41. The van der Waals surface area contributed by atoms with Crippen molar-refractivity contribution in [1.29, 1.82) is 0 Å². The van der Waals surface area contributed by atoms with E-state index in [1.54, 1.807) is 13.1 Å². The van der Waals surface area contributed by atoms with E-state index in [0.717, 1.165) is 5.39 Å². The van der Waals surface area contributed by atoms with Crippen LogP contribution in [0.1, 0.15) is 5.82 Å². The summed E-state index contributed by atoms with van der Waals surface area (Å²) in [6.07, 6.45) is 1.69.